The van der Waals surface area contributed by atoms with Crippen LogP contribution in [0.15, 0.2) is 23.0 Å². The molecule has 0 aliphatic rings. The van der Waals surface area contributed by atoms with Gasteiger partial charge in [0.15, 0.2) is 0 Å². The van der Waals surface area contributed by atoms with Crippen molar-refractivity contribution in [1.29, 1.82) is 0 Å². The van der Waals surface area contributed by atoms with Gasteiger partial charge in [0.2, 0.25) is 11.5 Å². The van der Waals surface area contributed by atoms with E-state index in [0.717, 1.165) is 18.2 Å². The number of fused-ring (bicyclic) bond motifs is 3. The molecule has 0 bridgehead atoms. The molecule has 0 aliphatic carbocycles. The van der Waals surface area contributed by atoms with E-state index in [1.165, 1.54) is 0 Å². The van der Waals surface area contributed by atoms with Crippen LogP contribution in [0.1, 0.15) is 5.82 Å². The fraction of sp³-hybridized carbons (Fsp3) is 0.100. The first-order valence-electron chi connectivity index (χ1n) is 5.02. The zero-order chi connectivity index (χ0) is 13.8. The molecule has 1 aromatic carbocycles. The van der Waals surface area contributed by atoms with Crippen molar-refractivity contribution in [3.63, 3.8) is 0 Å². The lowest BCUT2D eigenvalue weighted by Gasteiger charge is -2.06. The molecule has 0 saturated carbocycles. The van der Waals surface area contributed by atoms with Crippen LogP contribution in [-0.2, 0) is 6.18 Å². The monoisotopic (exact) mass is 272 g/mol. The lowest BCUT2D eigenvalue weighted by Crippen LogP contribution is -2.16. The highest BCUT2D eigenvalue weighted by Gasteiger charge is 2.37. The van der Waals surface area contributed by atoms with Crippen molar-refractivity contribution in [3.05, 3.63) is 40.2 Å². The van der Waals surface area contributed by atoms with Gasteiger partial charge in [-0.2, -0.15) is 13.2 Å². The number of hydrogen-bond donors (Lipinski definition) is 1. The Kier molecular flexibility index (Phi) is 2.16. The lowest BCUT2D eigenvalue weighted by atomic mass is 10.3. The van der Waals surface area contributed by atoms with Crippen LogP contribution in [0.3, 0.4) is 0 Å². The summed E-state index contributed by atoms with van der Waals surface area (Å²) < 4.78 is 51.9. The molecular formula is C10H4F4N4O. The van der Waals surface area contributed by atoms with Gasteiger partial charge in [-0.05, 0) is 18.2 Å². The molecule has 1 N–H and O–H groups in total. The second-order valence-electron chi connectivity index (χ2n) is 3.80. The van der Waals surface area contributed by atoms with E-state index in [9.17, 15) is 22.4 Å². The number of H-pyrrole nitrogens is 1. The number of aromatic nitrogens is 4. The number of alkyl halides is 3. The number of aromatic amines is 1. The number of rotatable bonds is 0. The minimum Gasteiger partial charge on any atom is -0.317 e. The molecule has 0 fully saturated rings. The van der Waals surface area contributed by atoms with E-state index >= 15 is 0 Å². The summed E-state index contributed by atoms with van der Waals surface area (Å²) in [6.07, 6.45) is -4.77. The van der Waals surface area contributed by atoms with Crippen molar-refractivity contribution in [2.24, 2.45) is 0 Å². The van der Waals surface area contributed by atoms with Crippen molar-refractivity contribution in [2.45, 2.75) is 6.18 Å². The summed E-state index contributed by atoms with van der Waals surface area (Å²) in [4.78, 5) is 13.8. The standard InChI is InChI=1S/C10H4F4N4O/c11-4-1-2-6-5(3-4)15-8(19)7-16-17-9(18(6)7)10(12,13)14/h1-3H,(H,15,19). The quantitative estimate of drug-likeness (QED) is 0.634. The maximum Gasteiger partial charge on any atom is 0.452 e. The Balaban J connectivity index is 2.58. The Bertz CT molecular complexity index is 848. The van der Waals surface area contributed by atoms with E-state index in [1.807, 2.05) is 0 Å². The van der Waals surface area contributed by atoms with Gasteiger partial charge in [0.1, 0.15) is 5.82 Å². The molecule has 0 radical (unpaired) electrons. The summed E-state index contributed by atoms with van der Waals surface area (Å²) in [5, 5.41) is 6.19. The summed E-state index contributed by atoms with van der Waals surface area (Å²) in [6.45, 7) is 0. The molecule has 3 rings (SSSR count). The predicted octanol–water partition coefficient (Wildman–Crippen LogP) is 1.73. The van der Waals surface area contributed by atoms with Crippen LogP contribution in [0.5, 0.6) is 0 Å². The topological polar surface area (TPSA) is 63.0 Å². The highest BCUT2D eigenvalue weighted by atomic mass is 19.4. The molecule has 0 atom stereocenters. The third-order valence-electron chi connectivity index (χ3n) is 2.57. The number of halogens is 4. The smallest absolute Gasteiger partial charge is 0.317 e. The number of nitrogens with one attached hydrogen (secondary N) is 1. The molecule has 98 valence electrons. The van der Waals surface area contributed by atoms with Gasteiger partial charge in [-0.15, -0.1) is 10.2 Å². The molecule has 0 saturated heterocycles. The Hall–Kier alpha value is -2.45. The van der Waals surface area contributed by atoms with E-state index in [-0.39, 0.29) is 11.0 Å². The summed E-state index contributed by atoms with van der Waals surface area (Å²) >= 11 is 0. The number of hydrogen-bond acceptors (Lipinski definition) is 3. The average molecular weight is 272 g/mol. The van der Waals surface area contributed by atoms with Gasteiger partial charge in [-0.25, -0.2) is 4.39 Å². The zero-order valence-corrected chi connectivity index (χ0v) is 8.99. The van der Waals surface area contributed by atoms with Gasteiger partial charge >= 0.3 is 6.18 Å². The summed E-state index contributed by atoms with van der Waals surface area (Å²) in [5.74, 6) is -2.01. The normalized spacial score (nSPS) is 12.4. The zero-order valence-electron chi connectivity index (χ0n) is 8.99. The van der Waals surface area contributed by atoms with E-state index in [2.05, 4.69) is 15.2 Å². The van der Waals surface area contributed by atoms with Crippen LogP contribution in [0.2, 0.25) is 0 Å². The predicted molar refractivity (Wildman–Crippen MR) is 56.1 cm³/mol. The van der Waals surface area contributed by atoms with E-state index in [4.69, 9.17) is 0 Å². The number of nitrogens with zero attached hydrogens (tertiary/aromatic N) is 3. The van der Waals surface area contributed by atoms with Gasteiger partial charge in [-0.3, -0.25) is 9.20 Å². The molecule has 5 nitrogen and oxygen atoms in total. The third-order valence-corrected chi connectivity index (χ3v) is 2.57. The van der Waals surface area contributed by atoms with Crippen LogP contribution in [0.25, 0.3) is 16.7 Å². The second kappa shape index (κ2) is 3.53. The average Bonchev–Trinajstić information content (AvgIpc) is 2.73. The maximum absolute atomic E-state index is 13.0. The van der Waals surface area contributed by atoms with Crippen LogP contribution in [-0.4, -0.2) is 19.6 Å². The highest BCUT2D eigenvalue weighted by Crippen LogP contribution is 2.29. The molecule has 2 aromatic heterocycles. The minimum atomic E-state index is -4.77. The van der Waals surface area contributed by atoms with Crippen molar-refractivity contribution in [2.75, 3.05) is 0 Å². The Morgan fingerprint density at radius 2 is 1.95 bits per heavy atom. The first-order valence-corrected chi connectivity index (χ1v) is 5.02. The molecule has 0 amide bonds. The minimum absolute atomic E-state index is 0.0340. The van der Waals surface area contributed by atoms with Crippen molar-refractivity contribution in [1.82, 2.24) is 19.6 Å². The van der Waals surface area contributed by atoms with Crippen molar-refractivity contribution >= 4 is 16.7 Å². The van der Waals surface area contributed by atoms with E-state index < -0.39 is 29.0 Å². The SMILES string of the molecule is O=c1[nH]c2cc(F)ccc2n2c(C(F)(F)F)nnc12. The second-order valence-corrected chi connectivity index (χ2v) is 3.80. The molecular weight excluding hydrogens is 268 g/mol. The molecule has 0 spiro atoms. The molecule has 0 aliphatic heterocycles. The fourth-order valence-corrected chi connectivity index (χ4v) is 1.82. The maximum atomic E-state index is 13.0. The fourth-order valence-electron chi connectivity index (χ4n) is 1.82. The Morgan fingerprint density at radius 3 is 2.63 bits per heavy atom. The molecule has 0 unspecified atom stereocenters. The summed E-state index contributed by atoms with van der Waals surface area (Å²) in [5.41, 5.74) is -1.47. The molecule has 19 heavy (non-hydrogen) atoms. The summed E-state index contributed by atoms with van der Waals surface area (Å²) in [6, 6.07) is 3.03. The molecule has 3 aromatic rings. The van der Waals surface area contributed by atoms with Gasteiger partial charge in [0.25, 0.3) is 5.56 Å². The van der Waals surface area contributed by atoms with Crippen molar-refractivity contribution < 1.29 is 17.6 Å². The van der Waals surface area contributed by atoms with Gasteiger partial charge in [-0.1, -0.05) is 0 Å². The number of benzene rings is 1. The van der Waals surface area contributed by atoms with Crippen molar-refractivity contribution in [3.8, 4) is 0 Å². The van der Waals surface area contributed by atoms with Crippen LogP contribution >= 0.6 is 0 Å². The van der Waals surface area contributed by atoms with Crippen LogP contribution in [0.4, 0.5) is 17.6 Å². The first kappa shape index (κ1) is 11.6. The Labute approximate surface area is 101 Å². The van der Waals surface area contributed by atoms with Crippen LogP contribution in [0, 0.1) is 5.82 Å². The van der Waals surface area contributed by atoms with E-state index in [0.29, 0.717) is 4.40 Å². The van der Waals surface area contributed by atoms with Gasteiger partial charge < -0.3 is 4.98 Å². The van der Waals surface area contributed by atoms with E-state index in [1.54, 1.807) is 0 Å². The first-order chi connectivity index (χ1) is 8.88. The molecule has 9 heteroatoms. The third kappa shape index (κ3) is 1.65. The largest absolute Gasteiger partial charge is 0.452 e. The van der Waals surface area contributed by atoms with Gasteiger partial charge in [0, 0.05) is 0 Å². The highest BCUT2D eigenvalue weighted by molar-refractivity contribution is 5.77. The Morgan fingerprint density at radius 1 is 1.21 bits per heavy atom. The lowest BCUT2D eigenvalue weighted by molar-refractivity contribution is -0.145. The van der Waals surface area contributed by atoms with Gasteiger partial charge in [0.05, 0.1) is 11.0 Å². The van der Waals surface area contributed by atoms with Crippen LogP contribution < -0.4 is 5.56 Å². The molecule has 2 heterocycles. The summed E-state index contributed by atoms with van der Waals surface area (Å²) in [7, 11) is 0.